The van der Waals surface area contributed by atoms with Crippen LogP contribution in [0.15, 0.2) is 50.7 Å². The van der Waals surface area contributed by atoms with Crippen LogP contribution in [-0.2, 0) is 0 Å². The number of ether oxygens (including phenoxy) is 1. The van der Waals surface area contributed by atoms with Crippen molar-refractivity contribution in [3.05, 3.63) is 61.9 Å². The van der Waals surface area contributed by atoms with E-state index in [1.54, 1.807) is 18.4 Å². The highest BCUT2D eigenvalue weighted by Crippen LogP contribution is 2.37. The molecule has 0 aliphatic heterocycles. The van der Waals surface area contributed by atoms with Gasteiger partial charge < -0.3 is 10.5 Å². The van der Waals surface area contributed by atoms with Crippen molar-refractivity contribution >= 4 is 53.3 Å². The van der Waals surface area contributed by atoms with Gasteiger partial charge in [0.15, 0.2) is 0 Å². The molecule has 0 spiro atoms. The Balaban J connectivity index is 2.06. The molecule has 0 radical (unpaired) electrons. The van der Waals surface area contributed by atoms with Crippen molar-refractivity contribution in [2.45, 2.75) is 6.04 Å². The first kappa shape index (κ1) is 15.0. The van der Waals surface area contributed by atoms with Crippen molar-refractivity contribution in [3.8, 4) is 5.75 Å². The average molecular weight is 427 g/mol. The number of thiophene rings is 1. The van der Waals surface area contributed by atoms with Crippen molar-refractivity contribution < 1.29 is 4.74 Å². The van der Waals surface area contributed by atoms with Crippen LogP contribution < -0.4 is 10.5 Å². The highest BCUT2D eigenvalue weighted by molar-refractivity contribution is 9.11. The minimum Gasteiger partial charge on any atom is -0.496 e. The molecule has 3 aromatic rings. The summed E-state index contributed by atoms with van der Waals surface area (Å²) in [5, 5.41) is 3.34. The van der Waals surface area contributed by atoms with Gasteiger partial charge in [-0.2, -0.15) is 0 Å². The second kappa shape index (κ2) is 6.08. The molecule has 0 amide bonds. The van der Waals surface area contributed by atoms with Crippen LogP contribution in [0.5, 0.6) is 5.75 Å². The van der Waals surface area contributed by atoms with Crippen LogP contribution in [-0.4, -0.2) is 7.11 Å². The molecule has 1 unspecified atom stereocenters. The lowest BCUT2D eigenvalue weighted by Crippen LogP contribution is -2.11. The van der Waals surface area contributed by atoms with Crippen molar-refractivity contribution in [1.29, 1.82) is 0 Å². The summed E-state index contributed by atoms with van der Waals surface area (Å²) in [4.78, 5) is 0. The molecule has 2 aromatic carbocycles. The molecule has 1 heterocycles. The van der Waals surface area contributed by atoms with Crippen LogP contribution in [0.2, 0.25) is 0 Å². The molecule has 0 bridgehead atoms. The molecule has 0 saturated carbocycles. The molecule has 0 fully saturated rings. The Morgan fingerprint density at radius 2 is 1.95 bits per heavy atom. The van der Waals surface area contributed by atoms with Gasteiger partial charge >= 0.3 is 0 Å². The van der Waals surface area contributed by atoms with Gasteiger partial charge in [-0.1, -0.05) is 18.2 Å². The molecule has 108 valence electrons. The first-order valence-electron chi connectivity index (χ1n) is 6.36. The lowest BCUT2D eigenvalue weighted by molar-refractivity contribution is 0.412. The van der Waals surface area contributed by atoms with E-state index in [1.807, 2.05) is 24.3 Å². The summed E-state index contributed by atoms with van der Waals surface area (Å²) >= 11 is 8.82. The Bertz CT molecular complexity index is 800. The second-order valence-corrected chi connectivity index (χ2v) is 7.27. The third-order valence-electron chi connectivity index (χ3n) is 3.45. The molecule has 0 saturated heterocycles. The zero-order valence-electron chi connectivity index (χ0n) is 11.3. The summed E-state index contributed by atoms with van der Waals surface area (Å²) in [6.07, 6.45) is 0. The van der Waals surface area contributed by atoms with Gasteiger partial charge in [0.1, 0.15) is 5.75 Å². The lowest BCUT2D eigenvalue weighted by atomic mass is 9.99. The minimum absolute atomic E-state index is 0.157. The highest BCUT2D eigenvalue weighted by atomic mass is 79.9. The standard InChI is InChI=1S/C16H13Br2NOS/c1-20-14-6-5-9(7-13(14)18)15(19)11-8-21-16-10(11)3-2-4-12(16)17/h2-8,15H,19H2,1H3. The number of nitrogens with two attached hydrogens (primary N) is 1. The Morgan fingerprint density at radius 1 is 1.14 bits per heavy atom. The Labute approximate surface area is 144 Å². The van der Waals surface area contributed by atoms with Crippen LogP contribution in [0, 0.1) is 0 Å². The summed E-state index contributed by atoms with van der Waals surface area (Å²) < 4.78 is 8.52. The fourth-order valence-corrected chi connectivity index (χ4v) is 4.56. The van der Waals surface area contributed by atoms with E-state index in [2.05, 4.69) is 49.4 Å². The monoisotopic (exact) mass is 425 g/mol. The molecule has 21 heavy (non-hydrogen) atoms. The maximum absolute atomic E-state index is 6.47. The molecule has 1 aromatic heterocycles. The number of methoxy groups -OCH3 is 1. The van der Waals surface area contributed by atoms with E-state index in [0.717, 1.165) is 25.8 Å². The van der Waals surface area contributed by atoms with Crippen molar-refractivity contribution in [2.24, 2.45) is 5.73 Å². The van der Waals surface area contributed by atoms with Crippen LogP contribution in [0.1, 0.15) is 17.2 Å². The highest BCUT2D eigenvalue weighted by Gasteiger charge is 2.16. The second-order valence-electron chi connectivity index (χ2n) is 4.68. The number of rotatable bonds is 3. The molecule has 1 atom stereocenters. The number of hydrogen-bond donors (Lipinski definition) is 1. The summed E-state index contributed by atoms with van der Waals surface area (Å²) in [6, 6.07) is 12.0. The zero-order chi connectivity index (χ0) is 15.0. The van der Waals surface area contributed by atoms with Gasteiger partial charge in [-0.15, -0.1) is 11.3 Å². The summed E-state index contributed by atoms with van der Waals surface area (Å²) in [7, 11) is 1.66. The van der Waals surface area contributed by atoms with Gasteiger partial charge in [0, 0.05) is 9.17 Å². The van der Waals surface area contributed by atoms with Crippen molar-refractivity contribution in [3.63, 3.8) is 0 Å². The molecule has 2 nitrogen and oxygen atoms in total. The van der Waals surface area contributed by atoms with E-state index in [4.69, 9.17) is 10.5 Å². The SMILES string of the molecule is COc1ccc(C(N)c2csc3c(Br)cccc23)cc1Br. The molecule has 2 N–H and O–H groups in total. The smallest absolute Gasteiger partial charge is 0.133 e. The van der Waals surface area contributed by atoms with Crippen LogP contribution in [0.4, 0.5) is 0 Å². The van der Waals surface area contributed by atoms with Gasteiger partial charge in [-0.05, 0) is 72.0 Å². The maximum atomic E-state index is 6.47. The fraction of sp³-hybridized carbons (Fsp3) is 0.125. The molecule has 3 rings (SSSR count). The van der Waals surface area contributed by atoms with Crippen LogP contribution in [0.3, 0.4) is 0 Å². The summed E-state index contributed by atoms with van der Waals surface area (Å²) in [6.45, 7) is 0. The van der Waals surface area contributed by atoms with E-state index in [0.29, 0.717) is 0 Å². The number of benzene rings is 2. The topological polar surface area (TPSA) is 35.2 Å². The molecule has 0 aliphatic carbocycles. The van der Waals surface area contributed by atoms with E-state index >= 15 is 0 Å². The van der Waals surface area contributed by atoms with E-state index in [-0.39, 0.29) is 6.04 Å². The largest absolute Gasteiger partial charge is 0.496 e. The van der Waals surface area contributed by atoms with Crippen molar-refractivity contribution in [2.75, 3.05) is 7.11 Å². The Hall–Kier alpha value is -0.880. The first-order chi connectivity index (χ1) is 10.1. The lowest BCUT2D eigenvalue weighted by Gasteiger charge is -2.13. The third-order valence-corrected chi connectivity index (χ3v) is 6.04. The predicted octanol–water partition coefficient (Wildman–Crippen LogP) is 5.48. The van der Waals surface area contributed by atoms with Gasteiger partial charge in [-0.3, -0.25) is 0 Å². The molecule has 0 aliphatic rings. The molecule has 5 heteroatoms. The van der Waals surface area contributed by atoms with E-state index in [1.165, 1.54) is 10.1 Å². The van der Waals surface area contributed by atoms with Crippen LogP contribution >= 0.6 is 43.2 Å². The minimum atomic E-state index is -0.157. The summed E-state index contributed by atoms with van der Waals surface area (Å²) in [5.74, 6) is 0.809. The quantitative estimate of drug-likeness (QED) is 0.601. The van der Waals surface area contributed by atoms with Gasteiger partial charge in [0.2, 0.25) is 0 Å². The van der Waals surface area contributed by atoms with Gasteiger partial charge in [-0.25, -0.2) is 0 Å². The zero-order valence-corrected chi connectivity index (χ0v) is 15.3. The fourth-order valence-electron chi connectivity index (χ4n) is 2.34. The van der Waals surface area contributed by atoms with Gasteiger partial charge in [0.05, 0.1) is 17.6 Å². The molecular weight excluding hydrogens is 414 g/mol. The first-order valence-corrected chi connectivity index (χ1v) is 8.83. The van der Waals surface area contributed by atoms with Gasteiger partial charge in [0.25, 0.3) is 0 Å². The van der Waals surface area contributed by atoms with Crippen molar-refractivity contribution in [1.82, 2.24) is 0 Å². The van der Waals surface area contributed by atoms with E-state index in [9.17, 15) is 0 Å². The Kier molecular flexibility index (Phi) is 4.36. The van der Waals surface area contributed by atoms with E-state index < -0.39 is 0 Å². The average Bonchev–Trinajstić information content (AvgIpc) is 2.92. The third kappa shape index (κ3) is 2.75. The number of fused-ring (bicyclic) bond motifs is 1. The maximum Gasteiger partial charge on any atom is 0.133 e. The Morgan fingerprint density at radius 3 is 2.67 bits per heavy atom. The summed E-state index contributed by atoms with van der Waals surface area (Å²) in [5.41, 5.74) is 8.67. The number of halogens is 2. The normalized spacial score (nSPS) is 12.6. The predicted molar refractivity (Wildman–Crippen MR) is 96.2 cm³/mol. The number of hydrogen-bond acceptors (Lipinski definition) is 3. The van der Waals surface area contributed by atoms with Crippen LogP contribution in [0.25, 0.3) is 10.1 Å². The molecular formula is C16H13Br2NOS.